The summed E-state index contributed by atoms with van der Waals surface area (Å²) in [6.07, 6.45) is 6.24. The van der Waals surface area contributed by atoms with Gasteiger partial charge in [-0.25, -0.2) is 4.98 Å². The lowest BCUT2D eigenvalue weighted by Crippen LogP contribution is -2.23. The molecule has 0 aliphatic heterocycles. The molecule has 1 heterocycles. The Balaban J connectivity index is 2.25. The minimum absolute atomic E-state index is 0.0462. The van der Waals surface area contributed by atoms with Crippen LogP contribution in [0.15, 0.2) is 11.4 Å². The van der Waals surface area contributed by atoms with E-state index in [1.807, 2.05) is 6.20 Å². The number of imidazole rings is 1. The average Bonchev–Trinajstić information content (AvgIpc) is 3.01. The van der Waals surface area contributed by atoms with E-state index in [-0.39, 0.29) is 11.9 Å². The lowest BCUT2D eigenvalue weighted by atomic mass is 10.2. The summed E-state index contributed by atoms with van der Waals surface area (Å²) >= 11 is 1.29. The van der Waals surface area contributed by atoms with Gasteiger partial charge >= 0.3 is 5.97 Å². The van der Waals surface area contributed by atoms with Crippen molar-refractivity contribution in [1.82, 2.24) is 9.55 Å². The van der Waals surface area contributed by atoms with Crippen molar-refractivity contribution < 1.29 is 14.6 Å². The van der Waals surface area contributed by atoms with Gasteiger partial charge in [0.2, 0.25) is 0 Å². The highest BCUT2D eigenvalue weighted by atomic mass is 32.2. The van der Waals surface area contributed by atoms with Gasteiger partial charge in [-0.3, -0.25) is 4.79 Å². The Morgan fingerprint density at radius 2 is 2.42 bits per heavy atom. The third-order valence-corrected chi connectivity index (χ3v) is 4.53. The smallest absolute Gasteiger partial charge is 0.313 e. The quantitative estimate of drug-likeness (QED) is 0.812. The Morgan fingerprint density at radius 1 is 1.63 bits per heavy atom. The lowest BCUT2D eigenvalue weighted by Gasteiger charge is -2.23. The van der Waals surface area contributed by atoms with Crippen molar-refractivity contribution in [3.05, 3.63) is 11.9 Å². The number of nitrogens with zero attached hydrogens (tertiary/aromatic N) is 2. The van der Waals surface area contributed by atoms with Gasteiger partial charge in [-0.1, -0.05) is 18.7 Å². The zero-order valence-electron chi connectivity index (χ0n) is 11.3. The molecule has 1 aromatic heterocycles. The average molecular weight is 284 g/mol. The Bertz CT molecular complexity index is 447. The van der Waals surface area contributed by atoms with Crippen molar-refractivity contribution >= 4 is 17.7 Å². The summed E-state index contributed by atoms with van der Waals surface area (Å²) < 4.78 is 7.74. The second kappa shape index (κ2) is 6.43. The first-order valence-corrected chi connectivity index (χ1v) is 7.59. The van der Waals surface area contributed by atoms with Crippen LogP contribution in [-0.2, 0) is 16.0 Å². The fourth-order valence-corrected chi connectivity index (χ4v) is 3.47. The molecule has 2 rings (SSSR count). The molecule has 0 radical (unpaired) electrons. The maximum Gasteiger partial charge on any atom is 0.313 e. The molecule has 5 nitrogen and oxygen atoms in total. The van der Waals surface area contributed by atoms with Crippen LogP contribution in [0.4, 0.5) is 0 Å². The van der Waals surface area contributed by atoms with Gasteiger partial charge in [0.05, 0.1) is 17.9 Å². The minimum atomic E-state index is -0.813. The van der Waals surface area contributed by atoms with Crippen LogP contribution in [0.25, 0.3) is 0 Å². The molecule has 0 spiro atoms. The zero-order valence-corrected chi connectivity index (χ0v) is 12.2. The number of hydrogen-bond acceptors (Lipinski definition) is 4. The molecule has 19 heavy (non-hydrogen) atoms. The second-order valence-electron chi connectivity index (χ2n) is 4.71. The van der Waals surface area contributed by atoms with E-state index >= 15 is 0 Å². The number of hydrogen-bond donors (Lipinski definition) is 1. The second-order valence-corrected chi connectivity index (χ2v) is 5.65. The molecule has 1 fully saturated rings. The van der Waals surface area contributed by atoms with Gasteiger partial charge in [-0.15, -0.1) is 0 Å². The maximum atomic E-state index is 10.7. The highest BCUT2D eigenvalue weighted by molar-refractivity contribution is 7.99. The van der Waals surface area contributed by atoms with Gasteiger partial charge in [-0.05, 0) is 25.7 Å². The predicted molar refractivity (Wildman–Crippen MR) is 73.6 cm³/mol. The third-order valence-electron chi connectivity index (χ3n) is 3.58. The molecular weight excluding hydrogens is 264 g/mol. The number of aliphatic carboxylic acids is 1. The van der Waals surface area contributed by atoms with Crippen molar-refractivity contribution in [2.45, 2.75) is 49.9 Å². The Hall–Kier alpha value is -1.01. The number of aryl methyl sites for hydroxylation is 1. The van der Waals surface area contributed by atoms with Gasteiger partial charge in [0, 0.05) is 19.0 Å². The fourth-order valence-electron chi connectivity index (χ4n) is 2.70. The Kier molecular flexibility index (Phi) is 4.87. The fraction of sp³-hybridized carbons (Fsp3) is 0.692. The normalized spacial score (nSPS) is 22.8. The maximum absolute atomic E-state index is 10.7. The molecule has 1 aromatic rings. The summed E-state index contributed by atoms with van der Waals surface area (Å²) in [7, 11) is 1.75. The Labute approximate surface area is 117 Å². The first-order valence-electron chi connectivity index (χ1n) is 6.60. The molecule has 0 bridgehead atoms. The van der Waals surface area contributed by atoms with Gasteiger partial charge in [-0.2, -0.15) is 0 Å². The number of carboxylic acids is 1. The van der Waals surface area contributed by atoms with E-state index in [1.54, 1.807) is 7.11 Å². The first-order chi connectivity index (χ1) is 9.17. The lowest BCUT2D eigenvalue weighted by molar-refractivity contribution is -0.133. The molecule has 106 valence electrons. The van der Waals surface area contributed by atoms with Crippen LogP contribution in [0.1, 0.15) is 37.9 Å². The number of methoxy groups -OCH3 is 1. The van der Waals surface area contributed by atoms with Crippen molar-refractivity contribution in [3.8, 4) is 0 Å². The van der Waals surface area contributed by atoms with Crippen LogP contribution >= 0.6 is 11.8 Å². The third kappa shape index (κ3) is 3.12. The summed E-state index contributed by atoms with van der Waals surface area (Å²) in [5, 5.41) is 9.61. The van der Waals surface area contributed by atoms with Gasteiger partial charge in [0.25, 0.3) is 0 Å². The van der Waals surface area contributed by atoms with Crippen LogP contribution < -0.4 is 0 Å². The van der Waals surface area contributed by atoms with E-state index < -0.39 is 5.97 Å². The molecular formula is C13H20N2O3S. The molecule has 1 aliphatic carbocycles. The van der Waals surface area contributed by atoms with Crippen LogP contribution in [0.2, 0.25) is 0 Å². The topological polar surface area (TPSA) is 64.3 Å². The number of thioether (sulfide) groups is 1. The monoisotopic (exact) mass is 284 g/mol. The molecule has 1 N–H and O–H groups in total. The number of carbonyl (C=O) groups is 1. The van der Waals surface area contributed by atoms with E-state index in [4.69, 9.17) is 9.84 Å². The summed E-state index contributed by atoms with van der Waals surface area (Å²) in [6, 6.07) is 0.291. The number of carboxylic acid groups (broad SMARTS) is 1. The standard InChI is InChI=1S/C13H20N2O3S/c1-3-9-7-14-13(19-8-12(16)17)15(9)10-5-4-6-11(10)18-2/h7,10-11H,3-6,8H2,1-2H3,(H,16,17). The van der Waals surface area contributed by atoms with Crippen molar-refractivity contribution in [1.29, 1.82) is 0 Å². The minimum Gasteiger partial charge on any atom is -0.481 e. The van der Waals surface area contributed by atoms with E-state index in [1.165, 1.54) is 11.8 Å². The molecule has 1 saturated carbocycles. The van der Waals surface area contributed by atoms with E-state index in [0.29, 0.717) is 6.04 Å². The number of ether oxygens (including phenoxy) is 1. The van der Waals surface area contributed by atoms with Crippen LogP contribution in [0.5, 0.6) is 0 Å². The molecule has 1 aliphatic rings. The van der Waals surface area contributed by atoms with Crippen molar-refractivity contribution in [3.63, 3.8) is 0 Å². The van der Waals surface area contributed by atoms with E-state index in [9.17, 15) is 4.79 Å². The van der Waals surface area contributed by atoms with Gasteiger partial charge < -0.3 is 14.4 Å². The van der Waals surface area contributed by atoms with Gasteiger partial charge in [0.1, 0.15) is 0 Å². The molecule has 0 aromatic carbocycles. The first kappa shape index (κ1) is 14.4. The molecule has 0 amide bonds. The largest absolute Gasteiger partial charge is 0.481 e. The van der Waals surface area contributed by atoms with Crippen LogP contribution in [-0.4, -0.2) is 39.6 Å². The van der Waals surface area contributed by atoms with Gasteiger partial charge in [0.15, 0.2) is 5.16 Å². The SMILES string of the molecule is CCc1cnc(SCC(=O)O)n1C1CCCC1OC. The van der Waals surface area contributed by atoms with Crippen LogP contribution in [0, 0.1) is 0 Å². The van der Waals surface area contributed by atoms with Crippen molar-refractivity contribution in [2.24, 2.45) is 0 Å². The van der Waals surface area contributed by atoms with E-state index in [2.05, 4.69) is 16.5 Å². The summed E-state index contributed by atoms with van der Waals surface area (Å²) in [5.41, 5.74) is 1.15. The molecule has 2 atom stereocenters. The number of rotatable bonds is 6. The molecule has 6 heteroatoms. The predicted octanol–water partition coefficient (Wildman–Crippen LogP) is 2.36. The molecule has 2 unspecified atom stereocenters. The summed E-state index contributed by atoms with van der Waals surface area (Å²) in [5.74, 6) is -0.767. The van der Waals surface area contributed by atoms with Crippen LogP contribution in [0.3, 0.4) is 0 Å². The van der Waals surface area contributed by atoms with E-state index in [0.717, 1.165) is 36.5 Å². The highest BCUT2D eigenvalue weighted by Gasteiger charge is 2.31. The number of aromatic nitrogens is 2. The molecule has 0 saturated heterocycles. The zero-order chi connectivity index (χ0) is 13.8. The summed E-state index contributed by atoms with van der Waals surface area (Å²) in [6.45, 7) is 2.09. The summed E-state index contributed by atoms with van der Waals surface area (Å²) in [4.78, 5) is 15.1. The highest BCUT2D eigenvalue weighted by Crippen LogP contribution is 2.36. The van der Waals surface area contributed by atoms with Crippen molar-refractivity contribution in [2.75, 3.05) is 12.9 Å². The Morgan fingerprint density at radius 3 is 3.05 bits per heavy atom.